The fourth-order valence-corrected chi connectivity index (χ4v) is 2.25. The molecule has 2 aliphatic rings. The molecule has 2 fully saturated rings. The van der Waals surface area contributed by atoms with E-state index < -0.39 is 0 Å². The summed E-state index contributed by atoms with van der Waals surface area (Å²) in [6, 6.07) is 0. The van der Waals surface area contributed by atoms with E-state index in [1.807, 2.05) is 0 Å². The maximum atomic E-state index is 9.08. The van der Waals surface area contributed by atoms with Gasteiger partial charge in [0, 0.05) is 13.1 Å². The summed E-state index contributed by atoms with van der Waals surface area (Å²) in [6.07, 6.45) is 4.02. The second-order valence-electron chi connectivity index (χ2n) is 4.32. The minimum atomic E-state index is -0.0354. The number of hydrogen-bond acceptors (Lipinski definition) is 3. The summed E-state index contributed by atoms with van der Waals surface area (Å²) in [5.41, 5.74) is 0. The Labute approximate surface area is 80.3 Å². The molecule has 0 radical (unpaired) electrons. The third-order valence-corrected chi connectivity index (χ3v) is 3.09. The second-order valence-corrected chi connectivity index (χ2v) is 4.32. The number of aliphatic hydroxyl groups excluding tert-OH is 1. The molecule has 0 aliphatic carbocycles. The Morgan fingerprint density at radius 3 is 2.23 bits per heavy atom. The number of rotatable bonds is 4. The first-order valence-electron chi connectivity index (χ1n) is 5.47. The maximum absolute atomic E-state index is 9.08. The normalized spacial score (nSPS) is 26.5. The molecular weight excluding hydrogens is 164 g/mol. The fraction of sp³-hybridized carbons (Fsp3) is 1.00. The molecule has 0 bridgehead atoms. The molecule has 2 saturated heterocycles. The van der Waals surface area contributed by atoms with Crippen molar-refractivity contribution in [1.82, 2.24) is 9.80 Å². The highest BCUT2D eigenvalue weighted by atomic mass is 16.3. The van der Waals surface area contributed by atoms with Crippen molar-refractivity contribution in [3.63, 3.8) is 0 Å². The highest BCUT2D eigenvalue weighted by molar-refractivity contribution is 4.78. The lowest BCUT2D eigenvalue weighted by Gasteiger charge is -2.36. The van der Waals surface area contributed by atoms with Crippen LogP contribution in [-0.2, 0) is 0 Å². The lowest BCUT2D eigenvalue weighted by atomic mass is 10.1. The van der Waals surface area contributed by atoms with E-state index in [1.165, 1.54) is 45.4 Å². The standard InChI is InChI=1S/C10H20N2O/c13-10-8-12(9-10)7-3-6-11-4-1-2-5-11/h10,13H,1-9H2. The van der Waals surface area contributed by atoms with Gasteiger partial charge in [0.15, 0.2) is 0 Å². The van der Waals surface area contributed by atoms with Crippen LogP contribution < -0.4 is 0 Å². The molecule has 2 rings (SSSR count). The summed E-state index contributed by atoms with van der Waals surface area (Å²) in [7, 11) is 0. The van der Waals surface area contributed by atoms with Crippen LogP contribution in [0.25, 0.3) is 0 Å². The minimum Gasteiger partial charge on any atom is -0.390 e. The second kappa shape index (κ2) is 4.40. The van der Waals surface area contributed by atoms with Crippen LogP contribution in [0, 0.1) is 0 Å². The predicted octanol–water partition coefficient (Wildman–Crippen LogP) is 0.149. The summed E-state index contributed by atoms with van der Waals surface area (Å²) in [5, 5.41) is 9.08. The Morgan fingerprint density at radius 2 is 1.62 bits per heavy atom. The van der Waals surface area contributed by atoms with Crippen molar-refractivity contribution in [3.8, 4) is 0 Å². The van der Waals surface area contributed by atoms with Crippen LogP contribution in [0.2, 0.25) is 0 Å². The third kappa shape index (κ3) is 2.66. The van der Waals surface area contributed by atoms with Gasteiger partial charge >= 0.3 is 0 Å². The molecule has 13 heavy (non-hydrogen) atoms. The van der Waals surface area contributed by atoms with E-state index in [4.69, 9.17) is 5.11 Å². The van der Waals surface area contributed by atoms with Gasteiger partial charge in [-0.15, -0.1) is 0 Å². The molecule has 0 unspecified atom stereocenters. The first kappa shape index (κ1) is 9.44. The van der Waals surface area contributed by atoms with Crippen LogP contribution in [0.15, 0.2) is 0 Å². The van der Waals surface area contributed by atoms with Gasteiger partial charge in [-0.25, -0.2) is 0 Å². The van der Waals surface area contributed by atoms with Crippen molar-refractivity contribution < 1.29 is 5.11 Å². The fourth-order valence-electron chi connectivity index (χ4n) is 2.25. The molecule has 1 N–H and O–H groups in total. The lowest BCUT2D eigenvalue weighted by molar-refractivity contribution is 0.000732. The summed E-state index contributed by atoms with van der Waals surface area (Å²) >= 11 is 0. The molecule has 3 nitrogen and oxygen atoms in total. The zero-order valence-electron chi connectivity index (χ0n) is 8.28. The number of hydrogen-bond donors (Lipinski definition) is 1. The predicted molar refractivity (Wildman–Crippen MR) is 52.7 cm³/mol. The smallest absolute Gasteiger partial charge is 0.0793 e. The van der Waals surface area contributed by atoms with Crippen molar-refractivity contribution in [2.45, 2.75) is 25.4 Å². The van der Waals surface area contributed by atoms with Gasteiger partial charge in [0.1, 0.15) is 0 Å². The monoisotopic (exact) mass is 184 g/mol. The first-order valence-corrected chi connectivity index (χ1v) is 5.47. The number of likely N-dealkylation sites (tertiary alicyclic amines) is 2. The van der Waals surface area contributed by atoms with Crippen molar-refractivity contribution in [2.24, 2.45) is 0 Å². The van der Waals surface area contributed by atoms with Gasteiger partial charge in [-0.3, -0.25) is 4.90 Å². The van der Waals surface area contributed by atoms with E-state index in [9.17, 15) is 0 Å². The number of nitrogens with zero attached hydrogens (tertiary/aromatic N) is 2. The Morgan fingerprint density at radius 1 is 1.00 bits per heavy atom. The molecule has 76 valence electrons. The minimum absolute atomic E-state index is 0.0354. The van der Waals surface area contributed by atoms with E-state index in [1.54, 1.807) is 0 Å². The Kier molecular flexibility index (Phi) is 3.19. The van der Waals surface area contributed by atoms with Crippen molar-refractivity contribution in [1.29, 1.82) is 0 Å². The molecule has 0 amide bonds. The Hall–Kier alpha value is -0.120. The van der Waals surface area contributed by atoms with Gasteiger partial charge < -0.3 is 10.0 Å². The first-order chi connectivity index (χ1) is 6.34. The molecule has 0 saturated carbocycles. The zero-order chi connectivity index (χ0) is 9.10. The molecule has 0 aromatic heterocycles. The molecule has 0 spiro atoms. The highest BCUT2D eigenvalue weighted by Crippen LogP contribution is 2.10. The Bertz CT molecular complexity index is 151. The topological polar surface area (TPSA) is 26.7 Å². The largest absolute Gasteiger partial charge is 0.390 e. The molecule has 2 aliphatic heterocycles. The van der Waals surface area contributed by atoms with Crippen molar-refractivity contribution in [3.05, 3.63) is 0 Å². The highest BCUT2D eigenvalue weighted by Gasteiger charge is 2.23. The van der Waals surface area contributed by atoms with Gasteiger partial charge in [-0.05, 0) is 45.4 Å². The van der Waals surface area contributed by atoms with E-state index in [0.29, 0.717) is 0 Å². The van der Waals surface area contributed by atoms with E-state index in [-0.39, 0.29) is 6.10 Å². The van der Waals surface area contributed by atoms with Crippen LogP contribution in [0.1, 0.15) is 19.3 Å². The van der Waals surface area contributed by atoms with E-state index in [2.05, 4.69) is 9.80 Å². The third-order valence-electron chi connectivity index (χ3n) is 3.09. The van der Waals surface area contributed by atoms with Crippen LogP contribution in [0.5, 0.6) is 0 Å². The molecular formula is C10H20N2O. The van der Waals surface area contributed by atoms with Crippen LogP contribution in [0.4, 0.5) is 0 Å². The summed E-state index contributed by atoms with van der Waals surface area (Å²) < 4.78 is 0. The summed E-state index contributed by atoms with van der Waals surface area (Å²) in [4.78, 5) is 4.89. The average Bonchev–Trinajstić information content (AvgIpc) is 2.53. The number of aliphatic hydroxyl groups is 1. The number of β-amino-alcohol motifs (C(OH)–C–C–N with tert-alkyl or cyclic N) is 1. The zero-order valence-corrected chi connectivity index (χ0v) is 8.28. The quantitative estimate of drug-likeness (QED) is 0.673. The van der Waals surface area contributed by atoms with E-state index >= 15 is 0 Å². The van der Waals surface area contributed by atoms with E-state index in [0.717, 1.165) is 13.1 Å². The van der Waals surface area contributed by atoms with Crippen molar-refractivity contribution in [2.75, 3.05) is 39.3 Å². The summed E-state index contributed by atoms with van der Waals surface area (Å²) in [5.74, 6) is 0. The lowest BCUT2D eigenvalue weighted by Crippen LogP contribution is -2.51. The maximum Gasteiger partial charge on any atom is 0.0793 e. The van der Waals surface area contributed by atoms with Crippen molar-refractivity contribution >= 4 is 0 Å². The van der Waals surface area contributed by atoms with Crippen LogP contribution in [0.3, 0.4) is 0 Å². The SMILES string of the molecule is OC1CN(CCCN2CCCC2)C1. The van der Waals surface area contributed by atoms with Crippen LogP contribution in [-0.4, -0.2) is 60.3 Å². The van der Waals surface area contributed by atoms with Gasteiger partial charge in [-0.2, -0.15) is 0 Å². The molecule has 0 aromatic carbocycles. The molecule has 0 aromatic rings. The average molecular weight is 184 g/mol. The van der Waals surface area contributed by atoms with Crippen LogP contribution >= 0.6 is 0 Å². The van der Waals surface area contributed by atoms with Gasteiger partial charge in [0.2, 0.25) is 0 Å². The molecule has 2 heterocycles. The van der Waals surface area contributed by atoms with Gasteiger partial charge in [0.25, 0.3) is 0 Å². The molecule has 3 heteroatoms. The molecule has 0 atom stereocenters. The van der Waals surface area contributed by atoms with Gasteiger partial charge in [-0.1, -0.05) is 0 Å². The van der Waals surface area contributed by atoms with Gasteiger partial charge in [0.05, 0.1) is 6.10 Å². The summed E-state index contributed by atoms with van der Waals surface area (Å²) in [6.45, 7) is 6.85. The Balaban J connectivity index is 1.49.